The van der Waals surface area contributed by atoms with Crippen LogP contribution in [-0.4, -0.2) is 48.9 Å². The number of likely N-dealkylation sites (tertiary alicyclic amines) is 1. The van der Waals surface area contributed by atoms with E-state index in [1.807, 2.05) is 48.5 Å². The number of carbonyl (C=O) groups excluding carboxylic acids is 3. The number of ether oxygens (including phenoxy) is 1. The Morgan fingerprint density at radius 2 is 1.81 bits per heavy atom. The van der Waals surface area contributed by atoms with E-state index in [4.69, 9.17) is 4.74 Å². The fourth-order valence-electron chi connectivity index (χ4n) is 5.57. The summed E-state index contributed by atoms with van der Waals surface area (Å²) >= 11 is 0. The summed E-state index contributed by atoms with van der Waals surface area (Å²) in [6.45, 7) is 2.51. The van der Waals surface area contributed by atoms with E-state index in [-0.39, 0.29) is 36.9 Å². The van der Waals surface area contributed by atoms with Crippen LogP contribution in [0.3, 0.4) is 0 Å². The number of nitrogens with one attached hydrogen (secondary N) is 2. The van der Waals surface area contributed by atoms with Crippen LogP contribution in [0.2, 0.25) is 0 Å². The van der Waals surface area contributed by atoms with Crippen molar-refractivity contribution in [3.63, 3.8) is 0 Å². The molecule has 4 unspecified atom stereocenters. The van der Waals surface area contributed by atoms with Gasteiger partial charge in [-0.25, -0.2) is 0 Å². The second-order valence-corrected chi connectivity index (χ2v) is 8.76. The highest BCUT2D eigenvalue weighted by molar-refractivity contribution is 6.15. The van der Waals surface area contributed by atoms with Crippen molar-refractivity contribution in [1.29, 1.82) is 0 Å². The molecule has 3 heterocycles. The molecule has 1 spiro atoms. The van der Waals surface area contributed by atoms with E-state index in [9.17, 15) is 14.4 Å². The van der Waals surface area contributed by atoms with Crippen molar-refractivity contribution in [2.24, 2.45) is 11.8 Å². The second kappa shape index (κ2) is 7.83. The summed E-state index contributed by atoms with van der Waals surface area (Å²) in [6, 6.07) is 15.4. The van der Waals surface area contributed by atoms with Gasteiger partial charge in [0.25, 0.3) is 0 Å². The van der Waals surface area contributed by atoms with Crippen LogP contribution in [0.25, 0.3) is 0 Å². The molecule has 3 amide bonds. The molecular formula is C25H27N3O4. The van der Waals surface area contributed by atoms with Crippen LogP contribution in [0.4, 0.5) is 5.69 Å². The lowest BCUT2D eigenvalue weighted by Gasteiger charge is -2.29. The lowest BCUT2D eigenvalue weighted by Crippen LogP contribution is -2.53. The molecule has 0 aliphatic carbocycles. The summed E-state index contributed by atoms with van der Waals surface area (Å²) in [7, 11) is 1.54. The van der Waals surface area contributed by atoms with Crippen molar-refractivity contribution in [1.82, 2.24) is 10.2 Å². The zero-order valence-corrected chi connectivity index (χ0v) is 18.3. The molecule has 0 aromatic heterocycles. The first-order chi connectivity index (χ1) is 15.5. The topological polar surface area (TPSA) is 87.7 Å². The fourth-order valence-corrected chi connectivity index (χ4v) is 5.57. The number of carbonyl (C=O) groups is 3. The molecule has 0 bridgehead atoms. The Bertz CT molecular complexity index is 1090. The smallest absolute Gasteiger partial charge is 0.250 e. The molecule has 0 radical (unpaired) electrons. The number of rotatable bonds is 6. The maximum absolute atomic E-state index is 13.6. The summed E-state index contributed by atoms with van der Waals surface area (Å²) in [6.07, 6.45) is 1.36. The number of methoxy groups -OCH3 is 1. The van der Waals surface area contributed by atoms with E-state index in [0.717, 1.165) is 23.1 Å². The first kappa shape index (κ1) is 20.8. The van der Waals surface area contributed by atoms with Gasteiger partial charge in [0.1, 0.15) is 5.54 Å². The predicted molar refractivity (Wildman–Crippen MR) is 119 cm³/mol. The molecule has 2 saturated heterocycles. The molecule has 3 aliphatic rings. The SMILES string of the molecule is CCc1ccc2c(c1)C1(NC(Cc3ccccc3)C3C(=O)N(CCOC)C(=O)C31)C(=O)N2. The van der Waals surface area contributed by atoms with Crippen molar-refractivity contribution in [3.05, 3.63) is 65.2 Å². The molecule has 7 nitrogen and oxygen atoms in total. The summed E-state index contributed by atoms with van der Waals surface area (Å²) in [4.78, 5) is 41.8. The van der Waals surface area contributed by atoms with Gasteiger partial charge in [0.05, 0.1) is 25.0 Å². The van der Waals surface area contributed by atoms with Gasteiger partial charge in [-0.3, -0.25) is 24.6 Å². The minimum absolute atomic E-state index is 0.193. The van der Waals surface area contributed by atoms with Gasteiger partial charge >= 0.3 is 0 Å². The molecular weight excluding hydrogens is 406 g/mol. The highest BCUT2D eigenvalue weighted by Crippen LogP contribution is 2.53. The third-order valence-corrected chi connectivity index (χ3v) is 7.10. The van der Waals surface area contributed by atoms with Crippen molar-refractivity contribution >= 4 is 23.4 Å². The average Bonchev–Trinajstić information content (AvgIpc) is 3.37. The maximum Gasteiger partial charge on any atom is 0.250 e. The van der Waals surface area contributed by atoms with Crippen molar-refractivity contribution < 1.29 is 19.1 Å². The van der Waals surface area contributed by atoms with E-state index in [2.05, 4.69) is 17.6 Å². The molecule has 5 rings (SSSR count). The summed E-state index contributed by atoms with van der Waals surface area (Å²) < 4.78 is 5.13. The van der Waals surface area contributed by atoms with Crippen LogP contribution in [-0.2, 0) is 37.5 Å². The van der Waals surface area contributed by atoms with Crippen LogP contribution >= 0.6 is 0 Å². The molecule has 32 heavy (non-hydrogen) atoms. The summed E-state index contributed by atoms with van der Waals surface area (Å²) in [5, 5.41) is 6.46. The standard InChI is InChI=1S/C25H27N3O4/c1-3-15-9-10-18-17(13-15)25(24(31)26-18)21-20(22(29)28(23(21)30)11-12-32-2)19(27-25)14-16-7-5-4-6-8-16/h4-10,13,19-21,27H,3,11-12,14H2,1-2H3,(H,26,31). The van der Waals surface area contributed by atoms with Crippen LogP contribution in [0.1, 0.15) is 23.6 Å². The van der Waals surface area contributed by atoms with E-state index >= 15 is 0 Å². The Labute approximate surface area is 187 Å². The van der Waals surface area contributed by atoms with Gasteiger partial charge in [-0.2, -0.15) is 0 Å². The lowest BCUT2D eigenvalue weighted by atomic mass is 9.76. The molecule has 166 valence electrons. The zero-order chi connectivity index (χ0) is 22.5. The number of anilines is 1. The highest BCUT2D eigenvalue weighted by atomic mass is 16.5. The van der Waals surface area contributed by atoms with Gasteiger partial charge in [-0.15, -0.1) is 0 Å². The van der Waals surface area contributed by atoms with Gasteiger partial charge in [0.2, 0.25) is 17.7 Å². The van der Waals surface area contributed by atoms with Gasteiger partial charge in [0.15, 0.2) is 0 Å². The third kappa shape index (κ3) is 2.92. The van der Waals surface area contributed by atoms with Crippen LogP contribution < -0.4 is 10.6 Å². The van der Waals surface area contributed by atoms with E-state index < -0.39 is 17.4 Å². The average molecular weight is 434 g/mol. The van der Waals surface area contributed by atoms with Gasteiger partial charge in [-0.1, -0.05) is 49.4 Å². The predicted octanol–water partition coefficient (Wildman–Crippen LogP) is 1.86. The number of hydrogen-bond donors (Lipinski definition) is 2. The minimum Gasteiger partial charge on any atom is -0.383 e. The molecule has 4 atom stereocenters. The minimum atomic E-state index is -1.25. The quantitative estimate of drug-likeness (QED) is 0.679. The number of fused-ring (bicyclic) bond motifs is 4. The first-order valence-electron chi connectivity index (χ1n) is 11.1. The molecule has 3 aliphatic heterocycles. The Hall–Kier alpha value is -3.03. The molecule has 2 fully saturated rings. The molecule has 7 heteroatoms. The fraction of sp³-hybridized carbons (Fsp3) is 0.400. The van der Waals surface area contributed by atoms with Crippen molar-refractivity contribution in [2.75, 3.05) is 25.6 Å². The number of nitrogens with zero attached hydrogens (tertiary/aromatic N) is 1. The zero-order valence-electron chi connectivity index (χ0n) is 18.3. The normalized spacial score (nSPS) is 28.4. The second-order valence-electron chi connectivity index (χ2n) is 8.76. The Morgan fingerprint density at radius 1 is 1.03 bits per heavy atom. The van der Waals surface area contributed by atoms with Gasteiger partial charge < -0.3 is 10.1 Å². The monoisotopic (exact) mass is 433 g/mol. The van der Waals surface area contributed by atoms with E-state index in [0.29, 0.717) is 12.1 Å². The molecule has 2 aromatic rings. The lowest BCUT2D eigenvalue weighted by molar-refractivity contribution is -0.143. The number of amides is 3. The van der Waals surface area contributed by atoms with Crippen LogP contribution in [0, 0.1) is 11.8 Å². The molecule has 2 aromatic carbocycles. The number of imide groups is 1. The highest BCUT2D eigenvalue weighted by Gasteiger charge is 2.70. The van der Waals surface area contributed by atoms with Crippen LogP contribution in [0.15, 0.2) is 48.5 Å². The number of hydrogen-bond acceptors (Lipinski definition) is 5. The third-order valence-electron chi connectivity index (χ3n) is 7.10. The van der Waals surface area contributed by atoms with Crippen molar-refractivity contribution in [2.45, 2.75) is 31.3 Å². The molecule has 2 N–H and O–H groups in total. The Kier molecular flexibility index (Phi) is 5.10. The van der Waals surface area contributed by atoms with E-state index in [1.165, 1.54) is 4.90 Å². The summed E-state index contributed by atoms with van der Waals surface area (Å²) in [5.41, 5.74) is 2.35. The number of benzene rings is 2. The Balaban J connectivity index is 1.62. The number of aryl methyl sites for hydroxylation is 1. The Morgan fingerprint density at radius 3 is 2.53 bits per heavy atom. The first-order valence-corrected chi connectivity index (χ1v) is 11.1. The van der Waals surface area contributed by atoms with Crippen LogP contribution in [0.5, 0.6) is 0 Å². The molecule has 0 saturated carbocycles. The summed E-state index contributed by atoms with van der Waals surface area (Å²) in [5.74, 6) is -2.18. The van der Waals surface area contributed by atoms with E-state index in [1.54, 1.807) is 7.11 Å². The largest absolute Gasteiger partial charge is 0.383 e. The van der Waals surface area contributed by atoms with Crippen molar-refractivity contribution in [3.8, 4) is 0 Å². The maximum atomic E-state index is 13.6. The van der Waals surface area contributed by atoms with Gasteiger partial charge in [-0.05, 0) is 30.0 Å². The van der Waals surface area contributed by atoms with Gasteiger partial charge in [0, 0.05) is 24.4 Å².